The molecule has 0 atom stereocenters. The molecule has 0 amide bonds. The molecule has 1 aromatic carbocycles. The van der Waals surface area contributed by atoms with Crippen molar-refractivity contribution >= 4 is 21.8 Å². The maximum atomic E-state index is 12.1. The van der Waals surface area contributed by atoms with Crippen molar-refractivity contribution in [3.8, 4) is 0 Å². The zero-order chi connectivity index (χ0) is 15.5. The Labute approximate surface area is 122 Å². The van der Waals surface area contributed by atoms with Gasteiger partial charge in [-0.15, -0.1) is 0 Å². The van der Waals surface area contributed by atoms with Crippen molar-refractivity contribution in [2.45, 2.75) is 11.8 Å². The van der Waals surface area contributed by atoms with Gasteiger partial charge < -0.3 is 4.74 Å². The number of nitrogens with one attached hydrogen (secondary N) is 1. The maximum absolute atomic E-state index is 12.1. The number of anilines is 1. The first-order valence-electron chi connectivity index (χ1n) is 6.22. The van der Waals surface area contributed by atoms with Crippen molar-refractivity contribution < 1.29 is 17.9 Å². The number of nitrogens with zero attached hydrogens (tertiary/aromatic N) is 2. The van der Waals surface area contributed by atoms with Gasteiger partial charge in [0.1, 0.15) is 0 Å². The smallest absolute Gasteiger partial charge is 0.338 e. The van der Waals surface area contributed by atoms with Crippen LogP contribution in [0.2, 0.25) is 0 Å². The monoisotopic (exact) mass is 309 g/mol. The van der Waals surface area contributed by atoms with Gasteiger partial charge in [-0.05, 0) is 31.2 Å². The highest BCUT2D eigenvalue weighted by atomic mass is 32.2. The van der Waals surface area contributed by atoms with Gasteiger partial charge in [0.25, 0.3) is 10.0 Å². The molecule has 0 aliphatic rings. The third kappa shape index (κ3) is 3.60. The molecule has 0 aliphatic carbocycles. The van der Waals surface area contributed by atoms with Gasteiger partial charge in [-0.25, -0.2) is 13.2 Å². The minimum Gasteiger partial charge on any atom is -0.462 e. The number of aromatic nitrogens is 2. The minimum atomic E-state index is -3.73. The van der Waals surface area contributed by atoms with Crippen LogP contribution in [0.5, 0.6) is 0 Å². The molecule has 2 rings (SSSR count). The Morgan fingerprint density at radius 2 is 1.95 bits per heavy atom. The lowest BCUT2D eigenvalue weighted by molar-refractivity contribution is 0.0526. The van der Waals surface area contributed by atoms with Crippen LogP contribution in [0.25, 0.3) is 0 Å². The predicted molar refractivity (Wildman–Crippen MR) is 76.4 cm³/mol. The quantitative estimate of drug-likeness (QED) is 0.843. The highest BCUT2D eigenvalue weighted by molar-refractivity contribution is 7.92. The Hall–Kier alpha value is -2.35. The summed E-state index contributed by atoms with van der Waals surface area (Å²) in [5, 5.41) is 3.94. The van der Waals surface area contributed by atoms with Crippen molar-refractivity contribution in [2.75, 3.05) is 11.3 Å². The third-order valence-electron chi connectivity index (χ3n) is 2.63. The van der Waals surface area contributed by atoms with E-state index in [9.17, 15) is 13.2 Å². The first-order chi connectivity index (χ1) is 9.92. The molecule has 0 spiro atoms. The lowest BCUT2D eigenvalue weighted by atomic mass is 10.2. The second-order valence-electron chi connectivity index (χ2n) is 4.22. The number of rotatable bonds is 5. The molecular weight excluding hydrogens is 294 g/mol. The van der Waals surface area contributed by atoms with Gasteiger partial charge in [-0.1, -0.05) is 0 Å². The third-order valence-corrected chi connectivity index (χ3v) is 4.00. The van der Waals surface area contributed by atoms with Crippen molar-refractivity contribution in [1.82, 2.24) is 9.78 Å². The number of aryl methyl sites for hydroxylation is 1. The molecule has 0 saturated carbocycles. The van der Waals surface area contributed by atoms with Gasteiger partial charge >= 0.3 is 5.97 Å². The number of hydrogen-bond donors (Lipinski definition) is 1. The lowest BCUT2D eigenvalue weighted by Gasteiger charge is -2.06. The summed E-state index contributed by atoms with van der Waals surface area (Å²) in [4.78, 5) is 11.5. The van der Waals surface area contributed by atoms with E-state index in [2.05, 4.69) is 9.82 Å². The van der Waals surface area contributed by atoms with Crippen LogP contribution in [-0.4, -0.2) is 30.8 Å². The molecule has 7 nitrogen and oxygen atoms in total. The average Bonchev–Trinajstić information content (AvgIpc) is 2.84. The van der Waals surface area contributed by atoms with Crippen molar-refractivity contribution in [1.29, 1.82) is 0 Å². The van der Waals surface area contributed by atoms with Crippen molar-refractivity contribution in [3.05, 3.63) is 42.1 Å². The summed E-state index contributed by atoms with van der Waals surface area (Å²) in [7, 11) is -2.05. The van der Waals surface area contributed by atoms with Crippen LogP contribution in [0, 0.1) is 0 Å². The van der Waals surface area contributed by atoms with E-state index in [0.29, 0.717) is 5.56 Å². The van der Waals surface area contributed by atoms with E-state index in [-0.39, 0.29) is 17.3 Å². The Kier molecular flexibility index (Phi) is 4.27. The Bertz CT molecular complexity index is 735. The molecule has 0 radical (unpaired) electrons. The molecular formula is C13H15N3O4S. The topological polar surface area (TPSA) is 90.3 Å². The van der Waals surface area contributed by atoms with Crippen LogP contribution >= 0.6 is 0 Å². The fourth-order valence-corrected chi connectivity index (χ4v) is 2.65. The van der Waals surface area contributed by atoms with Gasteiger partial charge in [-0.2, -0.15) is 5.10 Å². The number of sulfonamides is 1. The van der Waals surface area contributed by atoms with Gasteiger partial charge in [0, 0.05) is 19.3 Å². The summed E-state index contributed by atoms with van der Waals surface area (Å²) < 4.78 is 33.0. The van der Waals surface area contributed by atoms with E-state index in [4.69, 9.17) is 4.74 Å². The standard InChI is InChI=1S/C13H15N3O4S/c1-3-20-13(17)10-4-6-11(7-5-10)21(18,19)15-12-8-9-16(2)14-12/h4-9H,3H2,1-2H3,(H,14,15). The molecule has 112 valence electrons. The molecule has 0 fully saturated rings. The predicted octanol–water partition coefficient (Wildman–Crippen LogP) is 1.40. The van der Waals surface area contributed by atoms with Crippen molar-refractivity contribution in [2.24, 2.45) is 7.05 Å². The number of carbonyl (C=O) groups excluding carboxylic acids is 1. The van der Waals surface area contributed by atoms with Crippen LogP contribution in [-0.2, 0) is 21.8 Å². The Morgan fingerprint density at radius 3 is 2.48 bits per heavy atom. The van der Waals surface area contributed by atoms with Crippen LogP contribution in [0.15, 0.2) is 41.4 Å². The zero-order valence-electron chi connectivity index (χ0n) is 11.6. The summed E-state index contributed by atoms with van der Waals surface area (Å²) in [6.45, 7) is 1.97. The van der Waals surface area contributed by atoms with Crippen LogP contribution in [0.4, 0.5) is 5.82 Å². The van der Waals surface area contributed by atoms with E-state index in [1.54, 1.807) is 26.2 Å². The maximum Gasteiger partial charge on any atom is 0.338 e. The molecule has 0 saturated heterocycles. The molecule has 1 aromatic heterocycles. The first kappa shape index (κ1) is 15.0. The second-order valence-corrected chi connectivity index (χ2v) is 5.91. The van der Waals surface area contributed by atoms with Crippen LogP contribution in [0.1, 0.15) is 17.3 Å². The normalized spacial score (nSPS) is 11.1. The lowest BCUT2D eigenvalue weighted by Crippen LogP contribution is -2.14. The summed E-state index contributed by atoms with van der Waals surface area (Å²) in [5.41, 5.74) is 0.300. The average molecular weight is 309 g/mol. The number of carbonyl (C=O) groups is 1. The summed E-state index contributed by atoms with van der Waals surface area (Å²) in [5.74, 6) is -0.258. The number of hydrogen-bond acceptors (Lipinski definition) is 5. The number of ether oxygens (including phenoxy) is 1. The number of benzene rings is 1. The van der Waals surface area contributed by atoms with Gasteiger partial charge in [0.2, 0.25) is 0 Å². The highest BCUT2D eigenvalue weighted by Crippen LogP contribution is 2.15. The zero-order valence-corrected chi connectivity index (χ0v) is 12.4. The molecule has 0 bridgehead atoms. The van der Waals surface area contributed by atoms with Gasteiger partial charge in [-0.3, -0.25) is 9.40 Å². The Morgan fingerprint density at radius 1 is 1.29 bits per heavy atom. The molecule has 21 heavy (non-hydrogen) atoms. The molecule has 8 heteroatoms. The van der Waals surface area contributed by atoms with Gasteiger partial charge in [0.15, 0.2) is 5.82 Å². The second kappa shape index (κ2) is 5.96. The molecule has 0 unspecified atom stereocenters. The fraction of sp³-hybridized carbons (Fsp3) is 0.231. The summed E-state index contributed by atoms with van der Waals surface area (Å²) in [6, 6.07) is 7.05. The van der Waals surface area contributed by atoms with E-state index in [1.807, 2.05) is 0 Å². The van der Waals surface area contributed by atoms with E-state index in [0.717, 1.165) is 0 Å². The van der Waals surface area contributed by atoms with E-state index >= 15 is 0 Å². The Balaban J connectivity index is 2.19. The molecule has 1 N–H and O–H groups in total. The molecule has 1 heterocycles. The van der Waals surface area contributed by atoms with E-state index < -0.39 is 16.0 Å². The summed E-state index contributed by atoms with van der Waals surface area (Å²) >= 11 is 0. The minimum absolute atomic E-state index is 0.0428. The molecule has 2 aromatic rings. The SMILES string of the molecule is CCOC(=O)c1ccc(S(=O)(=O)Nc2ccn(C)n2)cc1. The van der Waals surface area contributed by atoms with Gasteiger partial charge in [0.05, 0.1) is 17.1 Å². The largest absolute Gasteiger partial charge is 0.462 e. The van der Waals surface area contributed by atoms with Crippen LogP contribution in [0.3, 0.4) is 0 Å². The highest BCUT2D eigenvalue weighted by Gasteiger charge is 2.16. The first-order valence-corrected chi connectivity index (χ1v) is 7.70. The van der Waals surface area contributed by atoms with Crippen LogP contribution < -0.4 is 4.72 Å². The molecule has 0 aliphatic heterocycles. The van der Waals surface area contributed by atoms with E-state index in [1.165, 1.54) is 28.9 Å². The summed E-state index contributed by atoms with van der Waals surface area (Å²) in [6.07, 6.45) is 1.63. The fourth-order valence-electron chi connectivity index (χ4n) is 1.65. The van der Waals surface area contributed by atoms with Crippen molar-refractivity contribution in [3.63, 3.8) is 0 Å². The number of esters is 1.